The topological polar surface area (TPSA) is 46.4 Å². The van der Waals surface area contributed by atoms with Gasteiger partial charge in [0, 0.05) is 30.4 Å². The molecule has 1 aromatic carbocycles. The first-order chi connectivity index (χ1) is 9.10. The summed E-state index contributed by atoms with van der Waals surface area (Å²) in [5.74, 6) is 0. The highest BCUT2D eigenvalue weighted by molar-refractivity contribution is 5.55. The van der Waals surface area contributed by atoms with Crippen molar-refractivity contribution < 1.29 is 4.92 Å². The Morgan fingerprint density at radius 2 is 1.74 bits per heavy atom. The molecule has 0 spiro atoms. The number of nitro groups is 1. The molecule has 0 N–H and O–H groups in total. The average Bonchev–Trinajstić information content (AvgIpc) is 2.38. The number of nitro benzene ring substituents is 1. The summed E-state index contributed by atoms with van der Waals surface area (Å²) in [6.07, 6.45) is 4.63. The second kappa shape index (κ2) is 7.77. The van der Waals surface area contributed by atoms with Gasteiger partial charge in [0.05, 0.1) is 4.92 Å². The number of benzene rings is 1. The van der Waals surface area contributed by atoms with E-state index in [0.29, 0.717) is 0 Å². The van der Waals surface area contributed by atoms with Gasteiger partial charge in [-0.15, -0.1) is 0 Å². The van der Waals surface area contributed by atoms with Gasteiger partial charge in [-0.3, -0.25) is 10.1 Å². The lowest BCUT2D eigenvalue weighted by atomic mass is 10.1. The number of hydrogen-bond acceptors (Lipinski definition) is 3. The van der Waals surface area contributed by atoms with Crippen molar-refractivity contribution in [2.45, 2.75) is 46.5 Å². The summed E-state index contributed by atoms with van der Waals surface area (Å²) in [6.45, 7) is 8.21. The smallest absolute Gasteiger partial charge is 0.272 e. The van der Waals surface area contributed by atoms with Crippen LogP contribution in [0.25, 0.3) is 0 Å². The van der Waals surface area contributed by atoms with Gasteiger partial charge in [-0.05, 0) is 31.9 Å². The Balaban J connectivity index is 2.88. The maximum Gasteiger partial charge on any atom is 0.272 e. The van der Waals surface area contributed by atoms with E-state index in [1.807, 2.05) is 12.1 Å². The predicted octanol–water partition coefficient (Wildman–Crippen LogP) is 4.31. The molecule has 0 aliphatic heterocycles. The maximum absolute atomic E-state index is 10.8. The summed E-state index contributed by atoms with van der Waals surface area (Å²) in [5.41, 5.74) is 2.04. The van der Waals surface area contributed by atoms with Gasteiger partial charge in [-0.1, -0.05) is 26.7 Å². The minimum absolute atomic E-state index is 0.203. The third kappa shape index (κ3) is 4.54. The van der Waals surface area contributed by atoms with Crippen molar-refractivity contribution in [1.82, 2.24) is 0 Å². The van der Waals surface area contributed by atoms with Crippen LogP contribution in [0.2, 0.25) is 0 Å². The van der Waals surface area contributed by atoms with E-state index in [9.17, 15) is 10.1 Å². The molecule has 0 amide bonds. The van der Waals surface area contributed by atoms with Gasteiger partial charge < -0.3 is 4.90 Å². The zero-order chi connectivity index (χ0) is 14.3. The Hall–Kier alpha value is -1.58. The highest BCUT2D eigenvalue weighted by Gasteiger charge is 2.13. The Kier molecular flexibility index (Phi) is 6.33. The lowest BCUT2D eigenvalue weighted by Crippen LogP contribution is -2.25. The minimum Gasteiger partial charge on any atom is -0.372 e. The molecule has 0 bridgehead atoms. The first kappa shape index (κ1) is 15.5. The number of rotatable bonds is 8. The van der Waals surface area contributed by atoms with Crippen LogP contribution in [0.3, 0.4) is 0 Å². The standard InChI is InChI=1S/C15H24N2O2/c1-4-6-10-16(11-7-5-2)14-8-9-15(17(18)19)13(3)12-14/h8-9,12H,4-7,10-11H2,1-3H3. The van der Waals surface area contributed by atoms with E-state index in [1.54, 1.807) is 13.0 Å². The van der Waals surface area contributed by atoms with Crippen LogP contribution in [-0.4, -0.2) is 18.0 Å². The average molecular weight is 264 g/mol. The van der Waals surface area contributed by atoms with Gasteiger partial charge in [0.15, 0.2) is 0 Å². The number of unbranched alkanes of at least 4 members (excludes halogenated alkanes) is 2. The summed E-state index contributed by atoms with van der Waals surface area (Å²) in [4.78, 5) is 12.9. The quantitative estimate of drug-likeness (QED) is 0.519. The molecule has 0 fully saturated rings. The molecule has 0 radical (unpaired) electrons. The summed E-state index contributed by atoms with van der Waals surface area (Å²) >= 11 is 0. The van der Waals surface area contributed by atoms with Crippen LogP contribution in [0.5, 0.6) is 0 Å². The minimum atomic E-state index is -0.318. The lowest BCUT2D eigenvalue weighted by molar-refractivity contribution is -0.385. The number of anilines is 1. The van der Waals surface area contributed by atoms with Crippen LogP contribution in [0.4, 0.5) is 11.4 Å². The molecular formula is C15H24N2O2. The van der Waals surface area contributed by atoms with Crippen molar-refractivity contribution in [3.05, 3.63) is 33.9 Å². The molecule has 106 valence electrons. The van der Waals surface area contributed by atoms with E-state index < -0.39 is 0 Å². The van der Waals surface area contributed by atoms with Crippen molar-refractivity contribution in [1.29, 1.82) is 0 Å². The first-order valence-corrected chi connectivity index (χ1v) is 7.10. The van der Waals surface area contributed by atoms with Crippen LogP contribution >= 0.6 is 0 Å². The van der Waals surface area contributed by atoms with Gasteiger partial charge in [0.25, 0.3) is 5.69 Å². The zero-order valence-corrected chi connectivity index (χ0v) is 12.2. The van der Waals surface area contributed by atoms with Crippen molar-refractivity contribution in [3.63, 3.8) is 0 Å². The van der Waals surface area contributed by atoms with Gasteiger partial charge in [0.2, 0.25) is 0 Å². The van der Waals surface area contributed by atoms with E-state index in [-0.39, 0.29) is 10.6 Å². The fourth-order valence-corrected chi connectivity index (χ4v) is 2.11. The van der Waals surface area contributed by atoms with Crippen LogP contribution < -0.4 is 4.90 Å². The Bertz CT molecular complexity index is 411. The Morgan fingerprint density at radius 1 is 1.16 bits per heavy atom. The van der Waals surface area contributed by atoms with Crippen molar-refractivity contribution in [2.24, 2.45) is 0 Å². The molecule has 0 aliphatic rings. The molecule has 0 atom stereocenters. The van der Waals surface area contributed by atoms with E-state index in [4.69, 9.17) is 0 Å². The van der Waals surface area contributed by atoms with Crippen molar-refractivity contribution in [3.8, 4) is 0 Å². The van der Waals surface area contributed by atoms with E-state index >= 15 is 0 Å². The molecule has 0 saturated carbocycles. The molecule has 0 aromatic heterocycles. The normalized spacial score (nSPS) is 10.5. The number of hydrogen-bond donors (Lipinski definition) is 0. The van der Waals surface area contributed by atoms with E-state index in [0.717, 1.165) is 50.0 Å². The summed E-state index contributed by atoms with van der Waals surface area (Å²) in [7, 11) is 0. The van der Waals surface area contributed by atoms with Gasteiger partial charge >= 0.3 is 0 Å². The molecule has 4 heteroatoms. The molecular weight excluding hydrogens is 240 g/mol. The number of nitrogens with zero attached hydrogens (tertiary/aromatic N) is 2. The summed E-state index contributed by atoms with van der Waals surface area (Å²) in [5, 5.41) is 10.8. The highest BCUT2D eigenvalue weighted by Crippen LogP contribution is 2.24. The van der Waals surface area contributed by atoms with E-state index in [2.05, 4.69) is 18.7 Å². The summed E-state index contributed by atoms with van der Waals surface area (Å²) in [6, 6.07) is 5.43. The van der Waals surface area contributed by atoms with Gasteiger partial charge in [-0.2, -0.15) is 0 Å². The van der Waals surface area contributed by atoms with Gasteiger partial charge in [-0.25, -0.2) is 0 Å². The first-order valence-electron chi connectivity index (χ1n) is 7.10. The SMILES string of the molecule is CCCCN(CCCC)c1ccc([N+](=O)[O-])c(C)c1. The fraction of sp³-hybridized carbons (Fsp3) is 0.600. The molecule has 1 rings (SSSR count). The van der Waals surface area contributed by atoms with Crippen molar-refractivity contribution >= 4 is 11.4 Å². The monoisotopic (exact) mass is 264 g/mol. The Morgan fingerprint density at radius 3 is 2.16 bits per heavy atom. The fourth-order valence-electron chi connectivity index (χ4n) is 2.11. The molecule has 1 aromatic rings. The third-order valence-electron chi connectivity index (χ3n) is 3.31. The molecule has 0 saturated heterocycles. The van der Waals surface area contributed by atoms with E-state index in [1.165, 1.54) is 0 Å². The molecule has 0 heterocycles. The Labute approximate surface area is 115 Å². The summed E-state index contributed by atoms with van der Waals surface area (Å²) < 4.78 is 0. The largest absolute Gasteiger partial charge is 0.372 e. The zero-order valence-electron chi connectivity index (χ0n) is 12.2. The van der Waals surface area contributed by atoms with Crippen LogP contribution in [-0.2, 0) is 0 Å². The lowest BCUT2D eigenvalue weighted by Gasteiger charge is -2.25. The second-order valence-electron chi connectivity index (χ2n) is 4.92. The highest BCUT2D eigenvalue weighted by atomic mass is 16.6. The number of aryl methyl sites for hydroxylation is 1. The van der Waals surface area contributed by atoms with Crippen LogP contribution in [0, 0.1) is 17.0 Å². The third-order valence-corrected chi connectivity index (χ3v) is 3.31. The maximum atomic E-state index is 10.8. The molecule has 4 nitrogen and oxygen atoms in total. The molecule has 19 heavy (non-hydrogen) atoms. The van der Waals surface area contributed by atoms with Crippen LogP contribution in [0.1, 0.15) is 45.1 Å². The second-order valence-corrected chi connectivity index (χ2v) is 4.92. The molecule has 0 aliphatic carbocycles. The molecule has 0 unspecified atom stereocenters. The predicted molar refractivity (Wildman–Crippen MR) is 79.9 cm³/mol. The van der Waals surface area contributed by atoms with Crippen LogP contribution in [0.15, 0.2) is 18.2 Å². The van der Waals surface area contributed by atoms with Crippen molar-refractivity contribution in [2.75, 3.05) is 18.0 Å². The van der Waals surface area contributed by atoms with Gasteiger partial charge in [0.1, 0.15) is 0 Å².